The molecule has 0 heterocycles. The minimum Gasteiger partial charge on any atom is -0.497 e. The van der Waals surface area contributed by atoms with Crippen LogP contribution in [0.2, 0.25) is 5.02 Å². The summed E-state index contributed by atoms with van der Waals surface area (Å²) in [7, 11) is 1.49. The minimum absolute atomic E-state index is 0.206. The number of methoxy groups -OCH3 is 1. The van der Waals surface area contributed by atoms with Crippen LogP contribution in [-0.4, -0.2) is 24.8 Å². The van der Waals surface area contributed by atoms with E-state index in [1.165, 1.54) is 13.2 Å². The van der Waals surface area contributed by atoms with Gasteiger partial charge in [0.25, 0.3) is 0 Å². The lowest BCUT2D eigenvalue weighted by Crippen LogP contribution is -2.15. The molecule has 1 aromatic rings. The molecular weight excluding hydrogens is 232 g/mol. The Morgan fingerprint density at radius 3 is 2.81 bits per heavy atom. The van der Waals surface area contributed by atoms with E-state index in [9.17, 15) is 9.90 Å². The van der Waals surface area contributed by atoms with Crippen molar-refractivity contribution >= 4 is 17.6 Å². The van der Waals surface area contributed by atoms with Crippen LogP contribution in [0.5, 0.6) is 5.75 Å². The molecule has 0 spiro atoms. The van der Waals surface area contributed by atoms with Gasteiger partial charge in [0.2, 0.25) is 0 Å². The summed E-state index contributed by atoms with van der Waals surface area (Å²) in [6, 6.07) is 4.70. The smallest absolute Gasteiger partial charge is 0.339 e. The van der Waals surface area contributed by atoms with Gasteiger partial charge in [0, 0.05) is 10.6 Å². The Balaban J connectivity index is 2.97. The first-order chi connectivity index (χ1) is 7.60. The molecule has 88 valence electrons. The molecule has 0 aliphatic heterocycles. The average molecular weight is 245 g/mol. The fraction of sp³-hybridized carbons (Fsp3) is 0.364. The number of halogens is 1. The van der Waals surface area contributed by atoms with E-state index >= 15 is 0 Å². The summed E-state index contributed by atoms with van der Waals surface area (Å²) in [4.78, 5) is 11.3. The average Bonchev–Trinajstić information content (AvgIpc) is 2.29. The van der Waals surface area contributed by atoms with Crippen molar-refractivity contribution in [2.24, 2.45) is 0 Å². The molecule has 0 fully saturated rings. The molecule has 0 saturated carbocycles. The first kappa shape index (κ1) is 12.8. The van der Waals surface area contributed by atoms with Crippen LogP contribution in [-0.2, 0) is 9.53 Å². The van der Waals surface area contributed by atoms with E-state index in [-0.39, 0.29) is 12.2 Å². The predicted octanol–water partition coefficient (Wildman–Crippen LogP) is 1.95. The number of ether oxygens (including phenoxy) is 2. The van der Waals surface area contributed by atoms with E-state index in [1.807, 2.05) is 0 Å². The number of aliphatic hydroxyl groups excluding tert-OH is 1. The second-order valence-corrected chi connectivity index (χ2v) is 3.45. The molecule has 1 rings (SSSR count). The molecule has 0 bridgehead atoms. The van der Waals surface area contributed by atoms with Crippen molar-refractivity contribution in [2.75, 3.05) is 13.7 Å². The Labute approximate surface area is 98.7 Å². The predicted molar refractivity (Wildman–Crippen MR) is 59.6 cm³/mol. The highest BCUT2D eigenvalue weighted by Crippen LogP contribution is 2.28. The molecule has 1 aromatic carbocycles. The molecule has 0 saturated heterocycles. The summed E-state index contributed by atoms with van der Waals surface area (Å²) in [5.74, 6) is -0.208. The highest BCUT2D eigenvalue weighted by atomic mass is 35.5. The molecule has 1 unspecified atom stereocenters. The molecule has 0 aromatic heterocycles. The Morgan fingerprint density at radius 1 is 1.56 bits per heavy atom. The molecule has 0 amide bonds. The van der Waals surface area contributed by atoms with E-state index in [4.69, 9.17) is 21.1 Å². The van der Waals surface area contributed by atoms with E-state index in [0.29, 0.717) is 10.8 Å². The monoisotopic (exact) mass is 244 g/mol. The van der Waals surface area contributed by atoms with Crippen LogP contribution >= 0.6 is 11.6 Å². The lowest BCUT2D eigenvalue weighted by atomic mass is 10.1. The standard InChI is InChI=1S/C11H13ClO4/c1-3-16-11(14)10(13)8-6-7(15-2)4-5-9(8)12/h4-6,10,13H,3H2,1-2H3. The maximum absolute atomic E-state index is 11.3. The van der Waals surface area contributed by atoms with Crippen molar-refractivity contribution in [3.63, 3.8) is 0 Å². The third kappa shape index (κ3) is 2.87. The van der Waals surface area contributed by atoms with Crippen molar-refractivity contribution < 1.29 is 19.4 Å². The maximum atomic E-state index is 11.3. The van der Waals surface area contributed by atoms with Gasteiger partial charge in [0.05, 0.1) is 13.7 Å². The normalized spacial score (nSPS) is 12.0. The van der Waals surface area contributed by atoms with Gasteiger partial charge in [-0.25, -0.2) is 4.79 Å². The first-order valence-electron chi connectivity index (χ1n) is 4.78. The number of carbonyl (C=O) groups is 1. The zero-order chi connectivity index (χ0) is 12.1. The summed E-state index contributed by atoms with van der Waals surface area (Å²) in [5, 5.41) is 10.00. The number of esters is 1. The van der Waals surface area contributed by atoms with E-state index in [0.717, 1.165) is 0 Å². The number of rotatable bonds is 4. The van der Waals surface area contributed by atoms with Crippen LogP contribution in [0, 0.1) is 0 Å². The third-order valence-corrected chi connectivity index (χ3v) is 2.35. The Bertz CT molecular complexity index is 378. The second kappa shape index (κ2) is 5.72. The molecule has 0 radical (unpaired) electrons. The van der Waals surface area contributed by atoms with Crippen LogP contribution in [0.1, 0.15) is 18.6 Å². The molecule has 1 N–H and O–H groups in total. The van der Waals surface area contributed by atoms with E-state index < -0.39 is 12.1 Å². The van der Waals surface area contributed by atoms with Gasteiger partial charge in [-0.2, -0.15) is 0 Å². The van der Waals surface area contributed by atoms with Crippen LogP contribution < -0.4 is 4.74 Å². The zero-order valence-corrected chi connectivity index (χ0v) is 9.82. The highest BCUT2D eigenvalue weighted by Gasteiger charge is 2.21. The maximum Gasteiger partial charge on any atom is 0.339 e. The van der Waals surface area contributed by atoms with Gasteiger partial charge >= 0.3 is 5.97 Å². The number of hydrogen-bond donors (Lipinski definition) is 1. The number of carbonyl (C=O) groups excluding carboxylic acids is 1. The fourth-order valence-corrected chi connectivity index (χ4v) is 1.43. The zero-order valence-electron chi connectivity index (χ0n) is 9.07. The van der Waals surface area contributed by atoms with E-state index in [2.05, 4.69) is 0 Å². The molecule has 16 heavy (non-hydrogen) atoms. The van der Waals surface area contributed by atoms with Gasteiger partial charge < -0.3 is 14.6 Å². The summed E-state index contributed by atoms with van der Waals surface area (Å²) in [5.41, 5.74) is 0.277. The van der Waals surface area contributed by atoms with Crippen LogP contribution in [0.4, 0.5) is 0 Å². The Hall–Kier alpha value is -1.26. The SMILES string of the molecule is CCOC(=O)C(O)c1cc(OC)ccc1Cl. The lowest BCUT2D eigenvalue weighted by Gasteiger charge is -2.12. The summed E-state index contributed by atoms with van der Waals surface area (Å²) < 4.78 is 9.68. The van der Waals surface area contributed by atoms with Gasteiger partial charge in [-0.05, 0) is 25.1 Å². The highest BCUT2D eigenvalue weighted by molar-refractivity contribution is 6.31. The van der Waals surface area contributed by atoms with Crippen molar-refractivity contribution in [3.8, 4) is 5.75 Å². The fourth-order valence-electron chi connectivity index (χ4n) is 1.21. The van der Waals surface area contributed by atoms with Crippen LogP contribution in [0.3, 0.4) is 0 Å². The van der Waals surface area contributed by atoms with Crippen molar-refractivity contribution in [1.82, 2.24) is 0 Å². The molecule has 0 aliphatic rings. The van der Waals surface area contributed by atoms with Crippen molar-refractivity contribution in [1.29, 1.82) is 0 Å². The largest absolute Gasteiger partial charge is 0.497 e. The Morgan fingerprint density at radius 2 is 2.25 bits per heavy atom. The summed E-state index contributed by atoms with van der Waals surface area (Å²) in [6.07, 6.45) is -1.39. The molecular formula is C11H13ClO4. The van der Waals surface area contributed by atoms with Crippen LogP contribution in [0.15, 0.2) is 18.2 Å². The van der Waals surface area contributed by atoms with Crippen LogP contribution in [0.25, 0.3) is 0 Å². The Kier molecular flexibility index (Phi) is 4.58. The van der Waals surface area contributed by atoms with Crippen molar-refractivity contribution in [2.45, 2.75) is 13.0 Å². The molecule has 4 nitrogen and oxygen atoms in total. The summed E-state index contributed by atoms with van der Waals surface area (Å²) in [6.45, 7) is 1.87. The minimum atomic E-state index is -1.39. The summed E-state index contributed by atoms with van der Waals surface area (Å²) >= 11 is 5.87. The molecule has 5 heteroatoms. The van der Waals surface area contributed by atoms with Gasteiger partial charge in [0.15, 0.2) is 6.10 Å². The van der Waals surface area contributed by atoms with E-state index in [1.54, 1.807) is 19.1 Å². The van der Waals surface area contributed by atoms with Crippen molar-refractivity contribution in [3.05, 3.63) is 28.8 Å². The van der Waals surface area contributed by atoms with Gasteiger partial charge in [-0.1, -0.05) is 11.6 Å². The topological polar surface area (TPSA) is 55.8 Å². The third-order valence-electron chi connectivity index (χ3n) is 2.01. The van der Waals surface area contributed by atoms with Gasteiger partial charge in [-0.3, -0.25) is 0 Å². The number of benzene rings is 1. The second-order valence-electron chi connectivity index (χ2n) is 3.04. The molecule has 1 atom stereocenters. The number of hydrogen-bond acceptors (Lipinski definition) is 4. The van der Waals surface area contributed by atoms with Gasteiger partial charge in [-0.15, -0.1) is 0 Å². The first-order valence-corrected chi connectivity index (χ1v) is 5.16. The lowest BCUT2D eigenvalue weighted by molar-refractivity contribution is -0.153. The molecule has 0 aliphatic carbocycles. The van der Waals surface area contributed by atoms with Gasteiger partial charge in [0.1, 0.15) is 5.75 Å². The quantitative estimate of drug-likeness (QED) is 0.823. The number of aliphatic hydroxyl groups is 1.